The van der Waals surface area contributed by atoms with Gasteiger partial charge in [0.05, 0.1) is 12.1 Å². The fourth-order valence-electron chi connectivity index (χ4n) is 2.12. The Balaban J connectivity index is 2.26. The van der Waals surface area contributed by atoms with E-state index in [1.165, 1.54) is 0 Å². The molecule has 0 bridgehead atoms. The molecule has 0 aliphatic heterocycles. The van der Waals surface area contributed by atoms with Gasteiger partial charge in [0.25, 0.3) is 0 Å². The minimum atomic E-state index is -0.829. The van der Waals surface area contributed by atoms with Crippen LogP contribution in [-0.2, 0) is 11.3 Å². The van der Waals surface area contributed by atoms with Crippen LogP contribution >= 0.6 is 11.6 Å². The number of carbonyl (C=O) groups is 1. The average Bonchev–Trinajstić information content (AvgIpc) is 2.46. The maximum absolute atomic E-state index is 10.9. The number of hydrogen-bond donors (Lipinski definition) is 1. The minimum Gasteiger partial charge on any atom is -0.481 e. The van der Waals surface area contributed by atoms with E-state index in [-0.39, 0.29) is 6.42 Å². The third-order valence-corrected chi connectivity index (χ3v) is 3.59. The Bertz CT molecular complexity index is 631. The molecule has 1 heterocycles. The molecule has 0 unspecified atom stereocenters. The van der Waals surface area contributed by atoms with E-state index in [0.717, 1.165) is 16.8 Å². The summed E-state index contributed by atoms with van der Waals surface area (Å²) in [6.07, 6.45) is 1.67. The number of hydrogen-bond acceptors (Lipinski definition) is 3. The summed E-state index contributed by atoms with van der Waals surface area (Å²) in [5, 5.41) is 9.31. The Kier molecular flexibility index (Phi) is 5.17. The van der Waals surface area contributed by atoms with Gasteiger partial charge in [-0.2, -0.15) is 0 Å². The summed E-state index contributed by atoms with van der Waals surface area (Å²) in [6, 6.07) is 11.7. The third kappa shape index (κ3) is 4.20. The molecule has 110 valence electrons. The van der Waals surface area contributed by atoms with E-state index in [0.29, 0.717) is 18.2 Å². The number of halogens is 1. The zero-order valence-corrected chi connectivity index (χ0v) is 12.5. The van der Waals surface area contributed by atoms with Crippen molar-refractivity contribution >= 4 is 23.3 Å². The summed E-state index contributed by atoms with van der Waals surface area (Å²) in [6.45, 7) is 3.02. The van der Waals surface area contributed by atoms with Crippen molar-refractivity contribution in [2.24, 2.45) is 0 Å². The number of aromatic nitrogens is 1. The Hall–Kier alpha value is -2.07. The molecular weight excluding hydrogens is 288 g/mol. The van der Waals surface area contributed by atoms with E-state index in [4.69, 9.17) is 16.7 Å². The lowest BCUT2D eigenvalue weighted by atomic mass is 10.1. The number of benzene rings is 1. The lowest BCUT2D eigenvalue weighted by Crippen LogP contribution is -2.26. The number of anilines is 1. The largest absolute Gasteiger partial charge is 0.481 e. The Morgan fingerprint density at radius 3 is 2.71 bits per heavy atom. The fourth-order valence-corrected chi connectivity index (χ4v) is 2.36. The van der Waals surface area contributed by atoms with Gasteiger partial charge in [0.1, 0.15) is 0 Å². The molecule has 0 atom stereocenters. The number of aryl methyl sites for hydroxylation is 1. The van der Waals surface area contributed by atoms with Crippen molar-refractivity contribution in [1.29, 1.82) is 0 Å². The molecule has 0 saturated carbocycles. The Labute approximate surface area is 129 Å². The maximum atomic E-state index is 10.9. The molecule has 0 fully saturated rings. The van der Waals surface area contributed by atoms with Crippen molar-refractivity contribution in [3.8, 4) is 0 Å². The number of carboxylic acid groups (broad SMARTS) is 1. The van der Waals surface area contributed by atoms with Crippen LogP contribution in [0.15, 0.2) is 42.6 Å². The van der Waals surface area contributed by atoms with Gasteiger partial charge >= 0.3 is 5.97 Å². The molecule has 0 aliphatic carbocycles. The number of carboxylic acids is 1. The highest BCUT2D eigenvalue weighted by Gasteiger charge is 2.14. The topological polar surface area (TPSA) is 53.4 Å². The number of pyridine rings is 1. The van der Waals surface area contributed by atoms with Crippen LogP contribution in [0.1, 0.15) is 17.5 Å². The van der Waals surface area contributed by atoms with Crippen LogP contribution < -0.4 is 4.90 Å². The first-order valence-electron chi connectivity index (χ1n) is 6.69. The maximum Gasteiger partial charge on any atom is 0.305 e. The van der Waals surface area contributed by atoms with Crippen molar-refractivity contribution in [1.82, 2.24) is 4.98 Å². The molecule has 1 N–H and O–H groups in total. The molecule has 0 amide bonds. The first-order chi connectivity index (χ1) is 10.1. The standard InChI is InChI=1S/C16H17ClN2O2/c1-12-5-2-3-6-13(12)11-19(10-8-15(20)21)14-7-4-9-18-16(14)17/h2-7,9H,8,10-11H2,1H3,(H,20,21). The molecule has 0 saturated heterocycles. The second-order valence-electron chi connectivity index (χ2n) is 4.81. The van der Waals surface area contributed by atoms with Crippen LogP contribution in [0.3, 0.4) is 0 Å². The molecule has 2 aromatic rings. The van der Waals surface area contributed by atoms with Gasteiger partial charge < -0.3 is 10.0 Å². The summed E-state index contributed by atoms with van der Waals surface area (Å²) in [5.74, 6) is -0.829. The SMILES string of the molecule is Cc1ccccc1CN(CCC(=O)O)c1cccnc1Cl. The quantitative estimate of drug-likeness (QED) is 0.830. The first-order valence-corrected chi connectivity index (χ1v) is 7.07. The monoisotopic (exact) mass is 304 g/mol. The molecule has 0 aliphatic rings. The van der Waals surface area contributed by atoms with Crippen LogP contribution in [0, 0.1) is 6.92 Å². The summed E-state index contributed by atoms with van der Waals surface area (Å²) in [5.41, 5.74) is 3.06. The van der Waals surface area contributed by atoms with Crippen LogP contribution in [0.2, 0.25) is 5.15 Å². The summed E-state index contributed by atoms with van der Waals surface area (Å²) >= 11 is 6.14. The third-order valence-electron chi connectivity index (χ3n) is 3.30. The van der Waals surface area contributed by atoms with E-state index >= 15 is 0 Å². The number of nitrogens with zero attached hydrogens (tertiary/aromatic N) is 2. The predicted octanol–water partition coefficient (Wildman–Crippen LogP) is 3.52. The molecule has 1 aromatic heterocycles. The van der Waals surface area contributed by atoms with Gasteiger partial charge in [0, 0.05) is 19.3 Å². The number of aliphatic carboxylic acids is 1. The molecule has 21 heavy (non-hydrogen) atoms. The summed E-state index contributed by atoms with van der Waals surface area (Å²) < 4.78 is 0. The molecule has 5 heteroatoms. The van der Waals surface area contributed by atoms with Gasteiger partial charge in [-0.15, -0.1) is 0 Å². The molecular formula is C16H17ClN2O2. The van der Waals surface area contributed by atoms with E-state index in [1.54, 1.807) is 12.3 Å². The van der Waals surface area contributed by atoms with Gasteiger partial charge in [0.15, 0.2) is 5.15 Å². The molecule has 4 nitrogen and oxygen atoms in total. The summed E-state index contributed by atoms with van der Waals surface area (Å²) in [7, 11) is 0. The lowest BCUT2D eigenvalue weighted by Gasteiger charge is -2.25. The molecule has 2 rings (SSSR count). The second-order valence-corrected chi connectivity index (χ2v) is 5.16. The second kappa shape index (κ2) is 7.09. The van der Waals surface area contributed by atoms with Crippen molar-refractivity contribution < 1.29 is 9.90 Å². The Morgan fingerprint density at radius 1 is 1.29 bits per heavy atom. The van der Waals surface area contributed by atoms with Crippen molar-refractivity contribution in [3.63, 3.8) is 0 Å². The highest BCUT2D eigenvalue weighted by atomic mass is 35.5. The normalized spacial score (nSPS) is 10.4. The fraction of sp³-hybridized carbons (Fsp3) is 0.250. The molecule has 0 spiro atoms. The summed E-state index contributed by atoms with van der Waals surface area (Å²) in [4.78, 5) is 16.9. The van der Waals surface area contributed by atoms with E-state index in [9.17, 15) is 4.79 Å². The smallest absolute Gasteiger partial charge is 0.305 e. The van der Waals surface area contributed by atoms with Gasteiger partial charge in [-0.3, -0.25) is 4.79 Å². The van der Waals surface area contributed by atoms with E-state index in [1.807, 2.05) is 42.2 Å². The van der Waals surface area contributed by atoms with Crippen LogP contribution in [-0.4, -0.2) is 22.6 Å². The van der Waals surface area contributed by atoms with Crippen LogP contribution in [0.5, 0.6) is 0 Å². The van der Waals surface area contributed by atoms with Gasteiger partial charge in [0.2, 0.25) is 0 Å². The number of rotatable bonds is 6. The lowest BCUT2D eigenvalue weighted by molar-refractivity contribution is -0.136. The van der Waals surface area contributed by atoms with Crippen LogP contribution in [0.4, 0.5) is 5.69 Å². The zero-order valence-electron chi connectivity index (χ0n) is 11.8. The zero-order chi connectivity index (χ0) is 15.2. The highest BCUT2D eigenvalue weighted by molar-refractivity contribution is 6.32. The van der Waals surface area contributed by atoms with Crippen molar-refractivity contribution in [2.75, 3.05) is 11.4 Å². The van der Waals surface area contributed by atoms with Gasteiger partial charge in [-0.1, -0.05) is 35.9 Å². The van der Waals surface area contributed by atoms with E-state index < -0.39 is 5.97 Å². The minimum absolute atomic E-state index is 0.0527. The van der Waals surface area contributed by atoms with Crippen molar-refractivity contribution in [3.05, 3.63) is 58.9 Å². The molecule has 1 aromatic carbocycles. The van der Waals surface area contributed by atoms with Crippen molar-refractivity contribution in [2.45, 2.75) is 19.9 Å². The Morgan fingerprint density at radius 2 is 2.05 bits per heavy atom. The average molecular weight is 305 g/mol. The van der Waals surface area contributed by atoms with Gasteiger partial charge in [-0.05, 0) is 30.2 Å². The van der Waals surface area contributed by atoms with Crippen LogP contribution in [0.25, 0.3) is 0 Å². The van der Waals surface area contributed by atoms with E-state index in [2.05, 4.69) is 4.98 Å². The molecule has 0 radical (unpaired) electrons. The predicted molar refractivity (Wildman–Crippen MR) is 83.7 cm³/mol. The highest BCUT2D eigenvalue weighted by Crippen LogP contribution is 2.25. The van der Waals surface area contributed by atoms with Gasteiger partial charge in [-0.25, -0.2) is 4.98 Å². The first kappa shape index (κ1) is 15.3.